The molecule has 1 aliphatic rings. The summed E-state index contributed by atoms with van der Waals surface area (Å²) < 4.78 is 27.0. The molecule has 1 fully saturated rings. The first kappa shape index (κ1) is 18.6. The van der Waals surface area contributed by atoms with E-state index in [9.17, 15) is 13.2 Å². The molecule has 3 aromatic rings. The Kier molecular flexibility index (Phi) is 5.04. The fourth-order valence-corrected chi connectivity index (χ4v) is 5.85. The molecule has 0 unspecified atom stereocenters. The van der Waals surface area contributed by atoms with Crippen LogP contribution in [0.2, 0.25) is 5.02 Å². The zero-order valence-corrected chi connectivity index (χ0v) is 16.6. The Morgan fingerprint density at radius 2 is 1.96 bits per heavy atom. The molecule has 7 nitrogen and oxygen atoms in total. The van der Waals surface area contributed by atoms with Gasteiger partial charge in [0.25, 0.3) is 15.6 Å². The van der Waals surface area contributed by atoms with Crippen molar-refractivity contribution in [3.05, 3.63) is 56.9 Å². The van der Waals surface area contributed by atoms with Crippen LogP contribution in [-0.4, -0.2) is 53.8 Å². The number of hydrogen-bond donors (Lipinski definition) is 1. The maximum atomic E-state index is 12.6. The summed E-state index contributed by atoms with van der Waals surface area (Å²) in [5.74, 6) is 0.546. The number of piperazine rings is 1. The third-order valence-electron chi connectivity index (χ3n) is 4.51. The number of H-pyrrole nitrogens is 1. The van der Waals surface area contributed by atoms with Crippen molar-refractivity contribution in [1.29, 1.82) is 0 Å². The van der Waals surface area contributed by atoms with E-state index in [-0.39, 0.29) is 5.56 Å². The minimum atomic E-state index is -3.42. The van der Waals surface area contributed by atoms with Gasteiger partial charge in [0.1, 0.15) is 10.0 Å². The van der Waals surface area contributed by atoms with Gasteiger partial charge >= 0.3 is 0 Å². The van der Waals surface area contributed by atoms with Crippen LogP contribution in [0.15, 0.2) is 44.7 Å². The molecule has 0 radical (unpaired) electrons. The van der Waals surface area contributed by atoms with E-state index < -0.39 is 10.0 Å². The molecule has 10 heteroatoms. The molecule has 0 saturated carbocycles. The highest BCUT2D eigenvalue weighted by Crippen LogP contribution is 2.22. The molecule has 0 atom stereocenters. The standard InChI is InChI=1S/C17H17ClN4O3S2/c18-12-3-4-13-14(10-12)19-15(20-17(13)23)11-21-5-7-22(8-6-21)27(24,25)16-2-1-9-26-16/h1-4,9-10H,5-8,11H2,(H,19,20,23). The van der Waals surface area contributed by atoms with Crippen molar-refractivity contribution in [1.82, 2.24) is 19.2 Å². The van der Waals surface area contributed by atoms with E-state index in [0.29, 0.717) is 58.7 Å². The largest absolute Gasteiger partial charge is 0.309 e. The van der Waals surface area contributed by atoms with Crippen molar-refractivity contribution in [3.8, 4) is 0 Å². The number of fused-ring (bicyclic) bond motifs is 1. The lowest BCUT2D eigenvalue weighted by atomic mass is 10.2. The van der Waals surface area contributed by atoms with Gasteiger partial charge in [-0.05, 0) is 29.6 Å². The van der Waals surface area contributed by atoms with Crippen LogP contribution in [0.1, 0.15) is 5.82 Å². The number of thiophene rings is 1. The summed E-state index contributed by atoms with van der Waals surface area (Å²) in [5.41, 5.74) is 0.353. The lowest BCUT2D eigenvalue weighted by molar-refractivity contribution is 0.178. The number of benzene rings is 1. The van der Waals surface area contributed by atoms with Crippen LogP contribution in [-0.2, 0) is 16.6 Å². The van der Waals surface area contributed by atoms with E-state index in [1.54, 1.807) is 35.7 Å². The Bertz CT molecular complexity index is 1120. The Labute approximate surface area is 165 Å². The summed E-state index contributed by atoms with van der Waals surface area (Å²) in [6, 6.07) is 8.35. The SMILES string of the molecule is O=c1[nH]c(CN2CCN(S(=O)(=O)c3cccs3)CC2)nc2cc(Cl)ccc12. The molecule has 1 saturated heterocycles. The molecule has 142 valence electrons. The number of hydrogen-bond acceptors (Lipinski definition) is 6. The Hall–Kier alpha value is -1.78. The zero-order chi connectivity index (χ0) is 19.0. The zero-order valence-electron chi connectivity index (χ0n) is 14.3. The highest BCUT2D eigenvalue weighted by molar-refractivity contribution is 7.91. The smallest absolute Gasteiger partial charge is 0.258 e. The number of halogens is 1. The van der Waals surface area contributed by atoms with Crippen molar-refractivity contribution >= 4 is 43.9 Å². The number of rotatable bonds is 4. The highest BCUT2D eigenvalue weighted by atomic mass is 35.5. The maximum Gasteiger partial charge on any atom is 0.258 e. The fourth-order valence-electron chi connectivity index (χ4n) is 3.11. The van der Waals surface area contributed by atoms with Gasteiger partial charge < -0.3 is 4.98 Å². The summed E-state index contributed by atoms with van der Waals surface area (Å²) in [6.07, 6.45) is 0. The molecular formula is C17H17ClN4O3S2. The second kappa shape index (κ2) is 7.33. The second-order valence-corrected chi connectivity index (χ2v) is 9.84. The average Bonchev–Trinajstić information content (AvgIpc) is 3.17. The normalized spacial score (nSPS) is 16.8. The van der Waals surface area contributed by atoms with E-state index in [4.69, 9.17) is 11.6 Å². The topological polar surface area (TPSA) is 86.4 Å². The number of sulfonamides is 1. The summed E-state index contributed by atoms with van der Waals surface area (Å²) in [7, 11) is -3.42. The van der Waals surface area contributed by atoms with Gasteiger partial charge in [-0.3, -0.25) is 9.69 Å². The second-order valence-electron chi connectivity index (χ2n) is 6.29. The van der Waals surface area contributed by atoms with Crippen LogP contribution >= 0.6 is 22.9 Å². The van der Waals surface area contributed by atoms with Crippen LogP contribution in [0.4, 0.5) is 0 Å². The van der Waals surface area contributed by atoms with E-state index >= 15 is 0 Å². The minimum absolute atomic E-state index is 0.203. The first-order valence-electron chi connectivity index (χ1n) is 8.38. The summed E-state index contributed by atoms with van der Waals surface area (Å²) in [4.78, 5) is 21.6. The molecule has 4 rings (SSSR count). The third-order valence-corrected chi connectivity index (χ3v) is 8.02. The predicted molar refractivity (Wildman–Crippen MR) is 106 cm³/mol. The van der Waals surface area contributed by atoms with Crippen molar-refractivity contribution in [2.45, 2.75) is 10.8 Å². The number of aromatic amines is 1. The van der Waals surface area contributed by atoms with E-state index in [1.165, 1.54) is 15.6 Å². The van der Waals surface area contributed by atoms with Gasteiger partial charge in [0.05, 0.1) is 17.4 Å². The molecule has 0 spiro atoms. The fraction of sp³-hybridized carbons (Fsp3) is 0.294. The number of nitrogens with one attached hydrogen (secondary N) is 1. The van der Waals surface area contributed by atoms with Crippen LogP contribution in [0.5, 0.6) is 0 Å². The summed E-state index contributed by atoms with van der Waals surface area (Å²) in [5, 5.41) is 2.78. The average molecular weight is 425 g/mol. The van der Waals surface area contributed by atoms with Crippen LogP contribution in [0, 0.1) is 0 Å². The molecule has 0 aliphatic carbocycles. The molecule has 1 aliphatic heterocycles. The van der Waals surface area contributed by atoms with E-state index in [0.717, 1.165) is 0 Å². The first-order chi connectivity index (χ1) is 12.9. The summed E-state index contributed by atoms with van der Waals surface area (Å²) in [6.45, 7) is 2.40. The van der Waals surface area contributed by atoms with E-state index in [1.807, 2.05) is 0 Å². The van der Waals surface area contributed by atoms with Crippen molar-refractivity contribution in [3.63, 3.8) is 0 Å². The van der Waals surface area contributed by atoms with Gasteiger partial charge in [-0.2, -0.15) is 4.31 Å². The van der Waals surface area contributed by atoms with Crippen molar-refractivity contribution in [2.24, 2.45) is 0 Å². The molecule has 3 heterocycles. The molecule has 0 bridgehead atoms. The first-order valence-corrected chi connectivity index (χ1v) is 11.1. The van der Waals surface area contributed by atoms with Gasteiger partial charge in [-0.15, -0.1) is 11.3 Å². The van der Waals surface area contributed by atoms with Crippen LogP contribution in [0.25, 0.3) is 10.9 Å². The number of aromatic nitrogens is 2. The van der Waals surface area contributed by atoms with E-state index in [2.05, 4.69) is 14.9 Å². The maximum absolute atomic E-state index is 12.6. The van der Waals surface area contributed by atoms with Gasteiger partial charge in [0, 0.05) is 31.2 Å². The Balaban J connectivity index is 1.47. The Morgan fingerprint density at radius 1 is 1.19 bits per heavy atom. The van der Waals surface area contributed by atoms with Gasteiger partial charge in [-0.1, -0.05) is 17.7 Å². The molecule has 1 aromatic carbocycles. The predicted octanol–water partition coefficient (Wildman–Crippen LogP) is 2.14. The van der Waals surface area contributed by atoms with Gasteiger partial charge in [0.2, 0.25) is 0 Å². The third kappa shape index (κ3) is 3.78. The van der Waals surface area contributed by atoms with Crippen molar-refractivity contribution in [2.75, 3.05) is 26.2 Å². The minimum Gasteiger partial charge on any atom is -0.309 e. The summed E-state index contributed by atoms with van der Waals surface area (Å²) >= 11 is 7.22. The molecular weight excluding hydrogens is 408 g/mol. The van der Waals surface area contributed by atoms with Gasteiger partial charge in [-0.25, -0.2) is 13.4 Å². The molecule has 27 heavy (non-hydrogen) atoms. The monoisotopic (exact) mass is 424 g/mol. The van der Waals surface area contributed by atoms with Crippen LogP contribution in [0.3, 0.4) is 0 Å². The van der Waals surface area contributed by atoms with Crippen molar-refractivity contribution < 1.29 is 8.42 Å². The highest BCUT2D eigenvalue weighted by Gasteiger charge is 2.29. The number of nitrogens with zero attached hydrogens (tertiary/aromatic N) is 3. The quantitative estimate of drug-likeness (QED) is 0.693. The van der Waals surface area contributed by atoms with Crippen LogP contribution < -0.4 is 5.56 Å². The lowest BCUT2D eigenvalue weighted by Crippen LogP contribution is -2.48. The van der Waals surface area contributed by atoms with Gasteiger partial charge in [0.15, 0.2) is 0 Å². The molecule has 1 N–H and O–H groups in total. The lowest BCUT2D eigenvalue weighted by Gasteiger charge is -2.33. The molecule has 2 aromatic heterocycles. The molecule has 0 amide bonds. The Morgan fingerprint density at radius 3 is 2.67 bits per heavy atom.